The topological polar surface area (TPSA) is 37.3 Å². The van der Waals surface area contributed by atoms with Gasteiger partial charge in [-0.05, 0) is 103 Å². The van der Waals surface area contributed by atoms with Crippen molar-refractivity contribution in [1.29, 1.82) is 0 Å². The smallest absolute Gasteiger partial charge is 0.328 e. The average Bonchev–Trinajstić information content (AvgIpc) is 2.66. The Hall–Kier alpha value is -2.35. The van der Waals surface area contributed by atoms with Crippen LogP contribution in [0.1, 0.15) is 55.2 Å². The van der Waals surface area contributed by atoms with Crippen molar-refractivity contribution >= 4 is 12.0 Å². The molecule has 4 aliphatic rings. The molecular weight excluding hydrogens is 344 g/mol. The molecule has 0 atom stereocenters. The van der Waals surface area contributed by atoms with Crippen molar-refractivity contribution in [1.82, 2.24) is 0 Å². The van der Waals surface area contributed by atoms with E-state index in [9.17, 15) is 4.79 Å². The van der Waals surface area contributed by atoms with Crippen molar-refractivity contribution in [2.24, 2.45) is 17.8 Å². The van der Waals surface area contributed by atoms with Crippen LogP contribution in [0.15, 0.2) is 48.5 Å². The van der Waals surface area contributed by atoms with Gasteiger partial charge in [-0.15, -0.1) is 0 Å². The molecule has 0 amide bonds. The number of hydrogen-bond acceptors (Lipinski definition) is 1. The zero-order chi connectivity index (χ0) is 19.3. The molecule has 2 nitrogen and oxygen atoms in total. The number of carboxylic acid groups (broad SMARTS) is 1. The number of aryl methyl sites for hydroxylation is 1. The molecule has 6 rings (SSSR count). The Morgan fingerprint density at radius 3 is 2.07 bits per heavy atom. The molecule has 0 aromatic heterocycles. The van der Waals surface area contributed by atoms with Gasteiger partial charge in [-0.2, -0.15) is 0 Å². The predicted octanol–water partition coefficient (Wildman–Crippen LogP) is 6.23. The second-order valence-electron chi connectivity index (χ2n) is 9.52. The highest BCUT2D eigenvalue weighted by molar-refractivity contribution is 5.85. The fraction of sp³-hybridized carbons (Fsp3) is 0.423. The first kappa shape index (κ1) is 17.7. The molecule has 0 unspecified atom stereocenters. The zero-order valence-corrected chi connectivity index (χ0v) is 16.5. The highest BCUT2D eigenvalue weighted by Gasteiger charge is 2.51. The quantitative estimate of drug-likeness (QED) is 0.646. The summed E-state index contributed by atoms with van der Waals surface area (Å²) in [6.07, 6.45) is 11.4. The molecule has 2 aromatic rings. The standard InChI is InChI=1S/C26H28O2/c1-17-2-6-23(22-7-3-18(4-8-22)5-9-25(27)28)13-24(17)26-14-19-10-20(15-26)12-21(11-19)16-26/h2-9,13,19-21H,10-12,14-16H2,1H3,(H,27,28)/b9-5+. The van der Waals surface area contributed by atoms with Crippen LogP contribution in [0.5, 0.6) is 0 Å². The first-order valence-corrected chi connectivity index (χ1v) is 10.6. The third-order valence-electron chi connectivity index (χ3n) is 7.51. The van der Waals surface area contributed by atoms with Gasteiger partial charge in [0.25, 0.3) is 0 Å². The van der Waals surface area contributed by atoms with Gasteiger partial charge >= 0.3 is 5.97 Å². The molecule has 144 valence electrons. The molecule has 0 spiro atoms. The van der Waals surface area contributed by atoms with E-state index in [-0.39, 0.29) is 0 Å². The Bertz CT molecular complexity index is 900. The maximum absolute atomic E-state index is 10.7. The summed E-state index contributed by atoms with van der Waals surface area (Å²) in [6, 6.07) is 15.2. The molecule has 0 radical (unpaired) electrons. The molecule has 0 saturated heterocycles. The summed E-state index contributed by atoms with van der Waals surface area (Å²) in [7, 11) is 0. The lowest BCUT2D eigenvalue weighted by molar-refractivity contribution is -0.131. The van der Waals surface area contributed by atoms with Crippen LogP contribution in [0, 0.1) is 24.7 Å². The van der Waals surface area contributed by atoms with Gasteiger partial charge < -0.3 is 5.11 Å². The van der Waals surface area contributed by atoms with E-state index in [0.717, 1.165) is 23.3 Å². The van der Waals surface area contributed by atoms with Gasteiger partial charge in [-0.3, -0.25) is 0 Å². The van der Waals surface area contributed by atoms with E-state index in [4.69, 9.17) is 5.11 Å². The molecule has 0 aliphatic heterocycles. The summed E-state index contributed by atoms with van der Waals surface area (Å²) in [6.45, 7) is 2.29. The van der Waals surface area contributed by atoms with Crippen molar-refractivity contribution in [3.8, 4) is 11.1 Å². The summed E-state index contributed by atoms with van der Waals surface area (Å²) < 4.78 is 0. The van der Waals surface area contributed by atoms with Gasteiger partial charge in [-0.1, -0.05) is 42.5 Å². The van der Waals surface area contributed by atoms with Gasteiger partial charge in [0.05, 0.1) is 0 Å². The first-order chi connectivity index (χ1) is 13.5. The lowest BCUT2D eigenvalue weighted by Gasteiger charge is -2.57. The van der Waals surface area contributed by atoms with Gasteiger partial charge in [0.2, 0.25) is 0 Å². The van der Waals surface area contributed by atoms with E-state index in [1.807, 2.05) is 12.1 Å². The molecule has 4 saturated carbocycles. The number of carboxylic acids is 1. The molecular formula is C26H28O2. The highest BCUT2D eigenvalue weighted by atomic mass is 16.4. The van der Waals surface area contributed by atoms with E-state index < -0.39 is 5.97 Å². The highest BCUT2D eigenvalue weighted by Crippen LogP contribution is 2.61. The van der Waals surface area contributed by atoms with Crippen LogP contribution in [0.2, 0.25) is 0 Å². The number of aliphatic carboxylic acids is 1. The van der Waals surface area contributed by atoms with Crippen LogP contribution in [0.25, 0.3) is 17.2 Å². The van der Waals surface area contributed by atoms with E-state index in [2.05, 4.69) is 37.3 Å². The van der Waals surface area contributed by atoms with E-state index in [1.165, 1.54) is 61.3 Å². The minimum absolute atomic E-state index is 0.416. The Kier molecular flexibility index (Phi) is 4.19. The lowest BCUT2D eigenvalue weighted by atomic mass is 9.47. The normalized spacial score (nSPS) is 30.8. The Morgan fingerprint density at radius 1 is 0.929 bits per heavy atom. The second kappa shape index (κ2) is 6.62. The maximum Gasteiger partial charge on any atom is 0.328 e. The average molecular weight is 373 g/mol. The van der Waals surface area contributed by atoms with Crippen LogP contribution >= 0.6 is 0 Å². The monoisotopic (exact) mass is 372 g/mol. The summed E-state index contributed by atoms with van der Waals surface area (Å²) in [4.78, 5) is 10.7. The molecule has 28 heavy (non-hydrogen) atoms. The van der Waals surface area contributed by atoms with Crippen LogP contribution < -0.4 is 0 Å². The molecule has 2 heteroatoms. The molecule has 0 heterocycles. The first-order valence-electron chi connectivity index (χ1n) is 10.6. The Labute approximate surface area is 167 Å². The van der Waals surface area contributed by atoms with Gasteiger partial charge in [0, 0.05) is 6.08 Å². The summed E-state index contributed by atoms with van der Waals surface area (Å²) in [5, 5.41) is 8.79. The largest absolute Gasteiger partial charge is 0.478 e. The fourth-order valence-corrected chi connectivity index (χ4v) is 6.77. The van der Waals surface area contributed by atoms with Crippen LogP contribution in [0.4, 0.5) is 0 Å². The number of benzene rings is 2. The van der Waals surface area contributed by atoms with Crippen LogP contribution in [-0.2, 0) is 10.2 Å². The van der Waals surface area contributed by atoms with Crippen molar-refractivity contribution in [3.63, 3.8) is 0 Å². The Morgan fingerprint density at radius 2 is 1.50 bits per heavy atom. The minimum atomic E-state index is -0.914. The predicted molar refractivity (Wildman–Crippen MR) is 113 cm³/mol. The minimum Gasteiger partial charge on any atom is -0.478 e. The molecule has 4 fully saturated rings. The van der Waals surface area contributed by atoms with Crippen molar-refractivity contribution < 1.29 is 9.90 Å². The van der Waals surface area contributed by atoms with Gasteiger partial charge in [0.1, 0.15) is 0 Å². The zero-order valence-electron chi connectivity index (χ0n) is 16.5. The molecule has 2 aromatic carbocycles. The lowest BCUT2D eigenvalue weighted by Crippen LogP contribution is -2.48. The number of rotatable bonds is 4. The third kappa shape index (κ3) is 3.09. The maximum atomic E-state index is 10.7. The third-order valence-corrected chi connectivity index (χ3v) is 7.51. The summed E-state index contributed by atoms with van der Waals surface area (Å²) in [5.41, 5.74) is 6.87. The van der Waals surface area contributed by atoms with Crippen molar-refractivity contribution in [2.75, 3.05) is 0 Å². The number of carbonyl (C=O) groups is 1. The number of hydrogen-bond donors (Lipinski definition) is 1. The van der Waals surface area contributed by atoms with Crippen LogP contribution in [-0.4, -0.2) is 11.1 Å². The summed E-state index contributed by atoms with van der Waals surface area (Å²) in [5.74, 6) is 1.95. The molecule has 1 N–H and O–H groups in total. The molecule has 4 bridgehead atoms. The van der Waals surface area contributed by atoms with E-state index in [0.29, 0.717) is 5.41 Å². The summed E-state index contributed by atoms with van der Waals surface area (Å²) >= 11 is 0. The molecule has 4 aliphatic carbocycles. The second-order valence-corrected chi connectivity index (χ2v) is 9.52. The SMILES string of the molecule is Cc1ccc(-c2ccc(/C=C/C(=O)O)cc2)cc1C12CC3CC(CC(C3)C1)C2. The van der Waals surface area contributed by atoms with Gasteiger partial charge in [-0.25, -0.2) is 4.79 Å². The van der Waals surface area contributed by atoms with E-state index in [1.54, 1.807) is 11.6 Å². The van der Waals surface area contributed by atoms with Crippen molar-refractivity contribution in [2.45, 2.75) is 50.9 Å². The van der Waals surface area contributed by atoms with Gasteiger partial charge in [0.15, 0.2) is 0 Å². The van der Waals surface area contributed by atoms with E-state index >= 15 is 0 Å². The fourth-order valence-electron chi connectivity index (χ4n) is 6.77. The van der Waals surface area contributed by atoms with Crippen molar-refractivity contribution in [3.05, 3.63) is 65.2 Å². The van der Waals surface area contributed by atoms with Crippen LogP contribution in [0.3, 0.4) is 0 Å². The Balaban J connectivity index is 1.48.